The van der Waals surface area contributed by atoms with E-state index in [2.05, 4.69) is 48.1 Å². The van der Waals surface area contributed by atoms with Crippen LogP contribution in [0.15, 0.2) is 61.1 Å². The lowest BCUT2D eigenvalue weighted by Crippen LogP contribution is -2.12. The van der Waals surface area contributed by atoms with Crippen molar-refractivity contribution < 1.29 is 0 Å². The van der Waals surface area contributed by atoms with Gasteiger partial charge in [-0.15, -0.1) is 11.3 Å². The highest BCUT2D eigenvalue weighted by molar-refractivity contribution is 7.16. The zero-order valence-corrected chi connectivity index (χ0v) is 15.4. The molecule has 0 atom stereocenters. The summed E-state index contributed by atoms with van der Waals surface area (Å²) in [5.41, 5.74) is 2.78. The van der Waals surface area contributed by atoms with Crippen molar-refractivity contribution in [3.8, 4) is 22.4 Å². The molecule has 4 nitrogen and oxygen atoms in total. The zero-order chi connectivity index (χ0) is 17.9. The first-order chi connectivity index (χ1) is 12.7. The average molecular weight is 358 g/mol. The first-order valence-corrected chi connectivity index (χ1v) is 9.28. The summed E-state index contributed by atoms with van der Waals surface area (Å²) >= 11 is 1.65. The van der Waals surface area contributed by atoms with Crippen LogP contribution in [-0.4, -0.2) is 20.4 Å². The molecule has 5 heteroatoms. The number of imidazole rings is 1. The molecule has 0 spiro atoms. The second-order valence-corrected chi connectivity index (χ2v) is 7.28. The van der Waals surface area contributed by atoms with Crippen LogP contribution in [0.4, 0.5) is 5.82 Å². The molecule has 3 aromatic heterocycles. The van der Waals surface area contributed by atoms with Gasteiger partial charge in [0.1, 0.15) is 11.5 Å². The lowest BCUT2D eigenvalue weighted by molar-refractivity contribution is 0.884. The number of nitrogens with one attached hydrogen (secondary N) is 1. The van der Waals surface area contributed by atoms with Crippen LogP contribution < -0.4 is 5.32 Å². The molecule has 0 saturated carbocycles. The molecule has 1 aromatic carbocycles. The van der Waals surface area contributed by atoms with Gasteiger partial charge in [0.2, 0.25) is 0 Å². The van der Waals surface area contributed by atoms with E-state index in [9.17, 15) is 0 Å². The number of rotatable bonds is 3. The molecule has 0 bridgehead atoms. The minimum absolute atomic E-state index is 0.305. The molecule has 0 aliphatic rings. The second-order valence-electron chi connectivity index (χ2n) is 6.19. The number of aromatic nitrogens is 3. The van der Waals surface area contributed by atoms with Crippen LogP contribution in [0.25, 0.3) is 16.2 Å². The Labute approximate surface area is 156 Å². The van der Waals surface area contributed by atoms with E-state index in [1.54, 1.807) is 23.7 Å². The topological polar surface area (TPSA) is 42.2 Å². The Bertz CT molecular complexity index is 1100. The molecule has 0 unspecified atom stereocenters. The third-order valence-electron chi connectivity index (χ3n) is 3.80. The van der Waals surface area contributed by atoms with Crippen LogP contribution in [0.5, 0.6) is 0 Å². The first kappa shape index (κ1) is 16.4. The summed E-state index contributed by atoms with van der Waals surface area (Å²) in [6, 6.07) is 14.5. The monoisotopic (exact) mass is 358 g/mol. The molecule has 26 heavy (non-hydrogen) atoms. The van der Waals surface area contributed by atoms with Crippen LogP contribution in [0.2, 0.25) is 0 Å². The number of benzene rings is 1. The van der Waals surface area contributed by atoms with Crippen molar-refractivity contribution in [2.45, 2.75) is 19.9 Å². The maximum Gasteiger partial charge on any atom is 0.157 e. The molecule has 0 fully saturated rings. The molecule has 4 rings (SSSR count). The van der Waals surface area contributed by atoms with Crippen molar-refractivity contribution in [1.82, 2.24) is 14.4 Å². The van der Waals surface area contributed by atoms with E-state index < -0.39 is 0 Å². The van der Waals surface area contributed by atoms with Crippen molar-refractivity contribution in [3.05, 3.63) is 71.5 Å². The fourth-order valence-electron chi connectivity index (χ4n) is 2.68. The molecule has 0 aliphatic heterocycles. The highest BCUT2D eigenvalue weighted by atomic mass is 32.1. The predicted molar refractivity (Wildman–Crippen MR) is 107 cm³/mol. The fourth-order valence-corrected chi connectivity index (χ4v) is 3.53. The van der Waals surface area contributed by atoms with Gasteiger partial charge < -0.3 is 5.32 Å². The van der Waals surface area contributed by atoms with E-state index in [0.29, 0.717) is 6.04 Å². The van der Waals surface area contributed by atoms with Gasteiger partial charge in [0.25, 0.3) is 0 Å². The highest BCUT2D eigenvalue weighted by Gasteiger charge is 2.16. The summed E-state index contributed by atoms with van der Waals surface area (Å²) in [4.78, 5) is 11.1. The van der Waals surface area contributed by atoms with Crippen molar-refractivity contribution >= 4 is 22.8 Å². The van der Waals surface area contributed by atoms with Gasteiger partial charge in [-0.3, -0.25) is 9.38 Å². The zero-order valence-electron chi connectivity index (χ0n) is 14.6. The summed E-state index contributed by atoms with van der Waals surface area (Å²) in [5.74, 6) is 7.44. The lowest BCUT2D eigenvalue weighted by Gasteiger charge is -2.10. The Morgan fingerprint density at radius 3 is 2.73 bits per heavy atom. The minimum Gasteiger partial charge on any atom is -0.367 e. The Morgan fingerprint density at radius 1 is 1.08 bits per heavy atom. The Kier molecular flexibility index (Phi) is 4.42. The lowest BCUT2D eigenvalue weighted by atomic mass is 10.2. The third-order valence-corrected chi connectivity index (χ3v) is 4.81. The molecule has 0 radical (unpaired) electrons. The van der Waals surface area contributed by atoms with Crippen molar-refractivity contribution in [2.75, 3.05) is 5.32 Å². The van der Waals surface area contributed by atoms with E-state index in [0.717, 1.165) is 32.5 Å². The van der Waals surface area contributed by atoms with Crippen LogP contribution in [-0.2, 0) is 0 Å². The van der Waals surface area contributed by atoms with Gasteiger partial charge in [0, 0.05) is 24.0 Å². The van der Waals surface area contributed by atoms with Gasteiger partial charge >= 0.3 is 0 Å². The van der Waals surface area contributed by atoms with Crippen molar-refractivity contribution in [1.29, 1.82) is 0 Å². The minimum atomic E-state index is 0.305. The van der Waals surface area contributed by atoms with Gasteiger partial charge in [-0.2, -0.15) is 0 Å². The van der Waals surface area contributed by atoms with Gasteiger partial charge in [-0.25, -0.2) is 4.98 Å². The van der Waals surface area contributed by atoms with Crippen molar-refractivity contribution in [2.24, 2.45) is 0 Å². The fraction of sp³-hybridized carbons (Fsp3) is 0.143. The molecule has 3 heterocycles. The SMILES string of the molecule is CC(C)Nc1c(-c2ccc(C#Cc3ccccc3)s2)nc2cnccn12. The molecule has 0 aliphatic carbocycles. The highest BCUT2D eigenvalue weighted by Crippen LogP contribution is 2.33. The van der Waals surface area contributed by atoms with E-state index in [1.165, 1.54) is 0 Å². The second kappa shape index (κ2) is 7.03. The molecule has 0 amide bonds. The molecule has 128 valence electrons. The number of hydrogen-bond acceptors (Lipinski definition) is 4. The van der Waals surface area contributed by atoms with Crippen LogP contribution >= 0.6 is 11.3 Å². The van der Waals surface area contributed by atoms with E-state index in [4.69, 9.17) is 4.98 Å². The number of hydrogen-bond donors (Lipinski definition) is 1. The molecule has 1 N–H and O–H groups in total. The Morgan fingerprint density at radius 2 is 1.92 bits per heavy atom. The standard InChI is InChI=1S/C21H18N4S/c1-15(2)23-21-20(24-19-14-22-12-13-25(19)21)18-11-10-17(26-18)9-8-16-6-4-3-5-7-16/h3-7,10-15,23H,1-2H3. The Balaban J connectivity index is 1.73. The first-order valence-electron chi connectivity index (χ1n) is 8.46. The summed E-state index contributed by atoms with van der Waals surface area (Å²) in [5, 5.41) is 3.51. The number of thiophene rings is 1. The maximum absolute atomic E-state index is 4.77. The quantitative estimate of drug-likeness (QED) is 0.541. The normalized spacial score (nSPS) is 10.7. The Hall–Kier alpha value is -3.10. The molecule has 0 saturated heterocycles. The summed E-state index contributed by atoms with van der Waals surface area (Å²) in [6.07, 6.45) is 5.48. The van der Waals surface area contributed by atoms with Crippen molar-refractivity contribution in [3.63, 3.8) is 0 Å². The average Bonchev–Trinajstić information content (AvgIpc) is 3.26. The summed E-state index contributed by atoms with van der Waals surface area (Å²) in [6.45, 7) is 4.24. The predicted octanol–water partition coefficient (Wildman–Crippen LogP) is 4.68. The number of anilines is 1. The molecule has 4 aromatic rings. The van der Waals surface area contributed by atoms with Gasteiger partial charge in [0.15, 0.2) is 5.65 Å². The number of fused-ring (bicyclic) bond motifs is 1. The van der Waals surface area contributed by atoms with E-state index >= 15 is 0 Å². The van der Waals surface area contributed by atoms with Crippen LogP contribution in [0, 0.1) is 11.8 Å². The van der Waals surface area contributed by atoms with Crippen LogP contribution in [0.3, 0.4) is 0 Å². The largest absolute Gasteiger partial charge is 0.367 e. The smallest absolute Gasteiger partial charge is 0.157 e. The maximum atomic E-state index is 4.77. The molecular formula is C21H18N4S. The van der Waals surface area contributed by atoms with Gasteiger partial charge in [-0.1, -0.05) is 30.0 Å². The van der Waals surface area contributed by atoms with Gasteiger partial charge in [-0.05, 0) is 38.1 Å². The number of nitrogens with zero attached hydrogens (tertiary/aromatic N) is 3. The molecular weight excluding hydrogens is 340 g/mol. The van der Waals surface area contributed by atoms with Crippen LogP contribution in [0.1, 0.15) is 24.3 Å². The third kappa shape index (κ3) is 3.32. The van der Waals surface area contributed by atoms with Gasteiger partial charge in [0.05, 0.1) is 16.0 Å². The van der Waals surface area contributed by atoms with E-state index in [1.807, 2.05) is 40.9 Å². The summed E-state index contributed by atoms with van der Waals surface area (Å²) in [7, 11) is 0. The summed E-state index contributed by atoms with van der Waals surface area (Å²) < 4.78 is 2.04. The van der Waals surface area contributed by atoms with E-state index in [-0.39, 0.29) is 0 Å².